The monoisotopic (exact) mass is 238 g/mol. The van der Waals surface area contributed by atoms with Gasteiger partial charge in [-0.25, -0.2) is 4.85 Å². The van der Waals surface area contributed by atoms with Gasteiger partial charge in [-0.1, -0.05) is 12.2 Å². The van der Waals surface area contributed by atoms with E-state index in [1.807, 2.05) is 6.26 Å². The number of ketones is 1. The van der Waals surface area contributed by atoms with E-state index in [1.165, 1.54) is 18.7 Å². The van der Waals surface area contributed by atoms with E-state index in [4.69, 9.17) is 18.8 Å². The number of H-pyrrole nitrogens is 1. The van der Waals surface area contributed by atoms with Crippen molar-refractivity contribution in [2.45, 2.75) is 18.7 Å². The topological polar surface area (TPSA) is 37.2 Å². The highest BCUT2D eigenvalue weighted by atomic mass is 32.2. The van der Waals surface area contributed by atoms with Crippen molar-refractivity contribution in [1.82, 2.24) is 4.98 Å². The second kappa shape index (κ2) is 4.60. The Morgan fingerprint density at radius 1 is 1.60 bits per heavy atom. The maximum Gasteiger partial charge on any atom is 0.234 e. The number of hydrogen-bond donors (Lipinski definition) is 1. The number of carbonyl (C=O) groups is 1. The average molecular weight is 238 g/mol. The van der Waals surface area contributed by atoms with Crippen LogP contribution in [0.15, 0.2) is 4.90 Å². The molecule has 0 unspecified atom stereocenters. The Balaban J connectivity index is 3.74. The molecule has 78 valence electrons. The Bertz CT molecular complexity index is 511. The van der Waals surface area contributed by atoms with Crippen LogP contribution in [0.5, 0.6) is 0 Å². The van der Waals surface area contributed by atoms with Crippen LogP contribution in [-0.2, 0) is 0 Å². The van der Waals surface area contributed by atoms with Gasteiger partial charge in [0, 0.05) is 16.2 Å². The highest BCUT2D eigenvalue weighted by Crippen LogP contribution is 2.33. The van der Waals surface area contributed by atoms with Crippen LogP contribution >= 0.6 is 24.0 Å². The van der Waals surface area contributed by atoms with Crippen molar-refractivity contribution in [2.75, 3.05) is 6.26 Å². The lowest BCUT2D eigenvalue weighted by molar-refractivity contribution is 0.101. The predicted octanol–water partition coefficient (Wildman–Crippen LogP) is 3.53. The molecule has 0 aliphatic rings. The van der Waals surface area contributed by atoms with Crippen LogP contribution in [0.2, 0.25) is 0 Å². The van der Waals surface area contributed by atoms with Gasteiger partial charge in [0.2, 0.25) is 5.69 Å². The third-order valence-corrected chi connectivity index (χ3v) is 3.10. The molecule has 0 saturated carbocycles. The van der Waals surface area contributed by atoms with Crippen LogP contribution in [0.4, 0.5) is 5.69 Å². The van der Waals surface area contributed by atoms with Gasteiger partial charge in [0.15, 0.2) is 5.78 Å². The molecule has 0 aliphatic heterocycles. The van der Waals surface area contributed by atoms with Gasteiger partial charge in [0.05, 0.1) is 6.57 Å². The molecule has 0 spiro atoms. The molecule has 1 aromatic heterocycles. The van der Waals surface area contributed by atoms with E-state index in [2.05, 4.69) is 9.83 Å². The standard InChI is InChI=1S/C10H10N2OS2/c1-5-7(6(2)13)9(15-4)8(11-3)10(14)12-5/h1-2,4H3,(H,12,14). The van der Waals surface area contributed by atoms with Crippen molar-refractivity contribution in [1.29, 1.82) is 0 Å². The maximum atomic E-state index is 11.5. The van der Waals surface area contributed by atoms with E-state index in [1.54, 1.807) is 6.92 Å². The van der Waals surface area contributed by atoms with E-state index in [-0.39, 0.29) is 5.78 Å². The van der Waals surface area contributed by atoms with Gasteiger partial charge in [0.25, 0.3) is 0 Å². The summed E-state index contributed by atoms with van der Waals surface area (Å²) in [5.41, 5.74) is 1.67. The highest BCUT2D eigenvalue weighted by molar-refractivity contribution is 7.98. The molecular formula is C10H10N2OS2. The summed E-state index contributed by atoms with van der Waals surface area (Å²) in [6, 6.07) is 0. The number of carbonyl (C=O) groups excluding carboxylic acids is 1. The minimum absolute atomic E-state index is 0.0481. The van der Waals surface area contributed by atoms with Crippen LogP contribution in [0, 0.1) is 18.1 Å². The number of hydrogen-bond acceptors (Lipinski definition) is 3. The molecule has 0 aromatic carbocycles. The predicted molar refractivity (Wildman–Crippen MR) is 64.4 cm³/mol. The first-order chi connectivity index (χ1) is 7.02. The number of pyridine rings is 1. The first-order valence-electron chi connectivity index (χ1n) is 4.22. The molecule has 0 atom stereocenters. The summed E-state index contributed by atoms with van der Waals surface area (Å²) in [5.74, 6) is -0.0481. The van der Waals surface area contributed by atoms with E-state index in [0.29, 0.717) is 20.8 Å². The lowest BCUT2D eigenvalue weighted by Gasteiger charge is -2.10. The Labute approximate surface area is 97.7 Å². The molecule has 15 heavy (non-hydrogen) atoms. The summed E-state index contributed by atoms with van der Waals surface area (Å²) >= 11 is 6.43. The van der Waals surface area contributed by atoms with Crippen molar-refractivity contribution < 1.29 is 4.79 Å². The summed E-state index contributed by atoms with van der Waals surface area (Å²) < 4.78 is 0.400. The number of aromatic amines is 1. The molecular weight excluding hydrogens is 228 g/mol. The molecule has 0 radical (unpaired) electrons. The molecule has 1 aromatic rings. The fourth-order valence-corrected chi connectivity index (χ4v) is 2.62. The molecule has 0 aliphatic carbocycles. The molecule has 0 saturated heterocycles. The van der Waals surface area contributed by atoms with Crippen molar-refractivity contribution in [3.63, 3.8) is 0 Å². The van der Waals surface area contributed by atoms with E-state index >= 15 is 0 Å². The van der Waals surface area contributed by atoms with E-state index in [0.717, 1.165) is 5.69 Å². The zero-order valence-corrected chi connectivity index (χ0v) is 10.3. The first-order valence-corrected chi connectivity index (χ1v) is 5.85. The molecule has 3 nitrogen and oxygen atoms in total. The minimum atomic E-state index is -0.0481. The SMILES string of the molecule is [C-]#[N+]c1c(SC)c(C(C)=O)c(C)[nH]c1=S. The second-order valence-corrected chi connectivity index (χ2v) is 4.23. The van der Waals surface area contributed by atoms with Crippen LogP contribution in [0.1, 0.15) is 23.0 Å². The summed E-state index contributed by atoms with van der Waals surface area (Å²) in [4.78, 5) is 18.4. The minimum Gasteiger partial charge on any atom is -0.358 e. The fraction of sp³-hybridized carbons (Fsp3) is 0.300. The summed E-state index contributed by atoms with van der Waals surface area (Å²) in [6.07, 6.45) is 1.84. The lowest BCUT2D eigenvalue weighted by atomic mass is 10.1. The number of aromatic nitrogens is 1. The van der Waals surface area contributed by atoms with Gasteiger partial charge in [-0.2, -0.15) is 0 Å². The third-order valence-electron chi connectivity index (χ3n) is 2.00. The Morgan fingerprint density at radius 2 is 2.20 bits per heavy atom. The average Bonchev–Trinajstić information content (AvgIpc) is 2.15. The fourth-order valence-electron chi connectivity index (χ4n) is 1.41. The number of rotatable bonds is 2. The van der Waals surface area contributed by atoms with Crippen LogP contribution in [-0.4, -0.2) is 17.0 Å². The molecule has 1 rings (SSSR count). The van der Waals surface area contributed by atoms with Gasteiger partial charge in [0.1, 0.15) is 4.64 Å². The Kier molecular flexibility index (Phi) is 3.66. The quantitative estimate of drug-likeness (QED) is 0.370. The van der Waals surface area contributed by atoms with Gasteiger partial charge in [-0.05, 0) is 20.1 Å². The van der Waals surface area contributed by atoms with Gasteiger partial charge in [-0.3, -0.25) is 4.79 Å². The summed E-state index contributed by atoms with van der Waals surface area (Å²) in [6.45, 7) is 10.3. The molecule has 1 heterocycles. The highest BCUT2D eigenvalue weighted by Gasteiger charge is 2.16. The van der Waals surface area contributed by atoms with Gasteiger partial charge >= 0.3 is 0 Å². The Morgan fingerprint density at radius 3 is 2.60 bits per heavy atom. The largest absolute Gasteiger partial charge is 0.358 e. The van der Waals surface area contributed by atoms with Gasteiger partial charge < -0.3 is 4.98 Å². The molecule has 0 amide bonds. The number of nitrogens with one attached hydrogen (secondary N) is 1. The first kappa shape index (κ1) is 12.0. The van der Waals surface area contributed by atoms with Crippen molar-refractivity contribution in [2.24, 2.45) is 0 Å². The molecule has 1 N–H and O–H groups in total. The number of thioether (sulfide) groups is 1. The van der Waals surface area contributed by atoms with Crippen LogP contribution < -0.4 is 0 Å². The van der Waals surface area contributed by atoms with Gasteiger partial charge in [-0.15, -0.1) is 11.8 Å². The number of nitrogens with zero attached hydrogens (tertiary/aromatic N) is 1. The summed E-state index contributed by atoms with van der Waals surface area (Å²) in [7, 11) is 0. The summed E-state index contributed by atoms with van der Waals surface area (Å²) in [5, 5.41) is 0. The maximum absolute atomic E-state index is 11.5. The number of Topliss-reactive ketones (excluding diaryl/α,β-unsaturated/α-hetero) is 1. The van der Waals surface area contributed by atoms with Crippen molar-refractivity contribution in [3.8, 4) is 0 Å². The molecule has 0 bridgehead atoms. The zero-order chi connectivity index (χ0) is 11.6. The second-order valence-electron chi connectivity index (χ2n) is 3.00. The number of aryl methyl sites for hydroxylation is 1. The van der Waals surface area contributed by atoms with E-state index < -0.39 is 0 Å². The third kappa shape index (κ3) is 2.11. The van der Waals surface area contributed by atoms with Crippen LogP contribution in [0.3, 0.4) is 0 Å². The van der Waals surface area contributed by atoms with Crippen molar-refractivity contribution in [3.05, 3.63) is 27.3 Å². The lowest BCUT2D eigenvalue weighted by Crippen LogP contribution is -2.02. The Hall–Kier alpha value is -1.12. The molecule has 0 fully saturated rings. The smallest absolute Gasteiger partial charge is 0.234 e. The zero-order valence-electron chi connectivity index (χ0n) is 8.67. The normalized spacial score (nSPS) is 9.73. The van der Waals surface area contributed by atoms with Crippen LogP contribution in [0.25, 0.3) is 4.85 Å². The van der Waals surface area contributed by atoms with Crippen molar-refractivity contribution >= 4 is 35.5 Å². The van der Waals surface area contributed by atoms with E-state index in [9.17, 15) is 4.79 Å². The molecule has 5 heteroatoms.